The van der Waals surface area contributed by atoms with Crippen LogP contribution in [0.4, 0.5) is 0 Å². The molecule has 0 aliphatic carbocycles. The second-order valence-corrected chi connectivity index (χ2v) is 6.51. The van der Waals surface area contributed by atoms with E-state index in [0.717, 1.165) is 4.90 Å². The highest BCUT2D eigenvalue weighted by molar-refractivity contribution is 6.22. The summed E-state index contributed by atoms with van der Waals surface area (Å²) >= 11 is 0. The molecule has 6 nitrogen and oxygen atoms in total. The molecule has 1 N–H and O–H groups in total. The minimum absolute atomic E-state index is 0.0951. The molecule has 0 bridgehead atoms. The first kappa shape index (κ1) is 17.8. The van der Waals surface area contributed by atoms with Crippen molar-refractivity contribution >= 4 is 23.5 Å². The Hall–Kier alpha value is -2.50. The third kappa shape index (κ3) is 3.37. The predicted octanol–water partition coefficient (Wildman–Crippen LogP) is 1.79. The standard InChI is InChI=1S/C18H22N2O4/c1-10(2)9-15(16(22)19-11(3)12(4)21)20-17(23)13-7-5-6-8-14(13)18(20)24/h5-8,10-11,15H,9H2,1-4H3,(H,19,22)/t11-,15-/m0/s1. The van der Waals surface area contributed by atoms with Crippen molar-refractivity contribution in [3.8, 4) is 0 Å². The zero-order chi connectivity index (χ0) is 18.0. The molecule has 1 aliphatic heterocycles. The van der Waals surface area contributed by atoms with E-state index in [4.69, 9.17) is 0 Å². The first-order valence-corrected chi connectivity index (χ1v) is 8.01. The number of amides is 3. The van der Waals surface area contributed by atoms with Gasteiger partial charge in [-0.1, -0.05) is 26.0 Å². The van der Waals surface area contributed by atoms with Crippen LogP contribution in [-0.4, -0.2) is 40.5 Å². The molecule has 0 saturated carbocycles. The molecule has 1 aromatic rings. The van der Waals surface area contributed by atoms with Crippen molar-refractivity contribution in [3.05, 3.63) is 35.4 Å². The Morgan fingerprint density at radius 3 is 1.96 bits per heavy atom. The van der Waals surface area contributed by atoms with E-state index in [2.05, 4.69) is 5.32 Å². The summed E-state index contributed by atoms with van der Waals surface area (Å²) in [6, 6.07) is 4.93. The van der Waals surface area contributed by atoms with Crippen molar-refractivity contribution in [2.24, 2.45) is 5.92 Å². The van der Waals surface area contributed by atoms with E-state index in [1.54, 1.807) is 31.2 Å². The summed E-state index contributed by atoms with van der Waals surface area (Å²) in [6.45, 7) is 6.78. The molecule has 3 amide bonds. The first-order valence-electron chi connectivity index (χ1n) is 8.01. The molecule has 6 heteroatoms. The van der Waals surface area contributed by atoms with Gasteiger partial charge in [-0.2, -0.15) is 0 Å². The third-order valence-corrected chi connectivity index (χ3v) is 4.10. The summed E-state index contributed by atoms with van der Waals surface area (Å²) in [6.07, 6.45) is 0.335. The van der Waals surface area contributed by atoms with Crippen LogP contribution in [0.2, 0.25) is 0 Å². The number of carbonyl (C=O) groups is 4. The van der Waals surface area contributed by atoms with Crippen LogP contribution in [0.15, 0.2) is 24.3 Å². The van der Waals surface area contributed by atoms with E-state index in [1.165, 1.54) is 6.92 Å². The SMILES string of the molecule is CC(=O)[C@H](C)NC(=O)[C@H](CC(C)C)N1C(=O)c2ccccc2C1=O. The minimum Gasteiger partial charge on any atom is -0.345 e. The molecule has 0 fully saturated rings. The lowest BCUT2D eigenvalue weighted by Gasteiger charge is -2.27. The monoisotopic (exact) mass is 330 g/mol. The van der Waals surface area contributed by atoms with E-state index in [-0.39, 0.29) is 11.7 Å². The largest absolute Gasteiger partial charge is 0.345 e. The van der Waals surface area contributed by atoms with Gasteiger partial charge in [0, 0.05) is 0 Å². The van der Waals surface area contributed by atoms with Crippen LogP contribution in [0.1, 0.15) is 54.8 Å². The quantitative estimate of drug-likeness (QED) is 0.806. The highest BCUT2D eigenvalue weighted by Gasteiger charge is 2.43. The normalized spacial score (nSPS) is 16.1. The van der Waals surface area contributed by atoms with Gasteiger partial charge in [-0.15, -0.1) is 0 Å². The van der Waals surface area contributed by atoms with E-state index < -0.39 is 29.8 Å². The number of ketones is 1. The number of carbonyl (C=O) groups excluding carboxylic acids is 4. The number of imide groups is 1. The number of hydrogen-bond donors (Lipinski definition) is 1. The second kappa shape index (κ2) is 6.95. The summed E-state index contributed by atoms with van der Waals surface area (Å²) in [7, 11) is 0. The number of benzene rings is 1. The molecule has 0 spiro atoms. The van der Waals surface area contributed by atoms with Crippen LogP contribution in [0.3, 0.4) is 0 Å². The number of nitrogens with zero attached hydrogens (tertiary/aromatic N) is 1. The Labute approximate surface area is 141 Å². The molecular weight excluding hydrogens is 308 g/mol. The lowest BCUT2D eigenvalue weighted by Crippen LogP contribution is -2.52. The van der Waals surface area contributed by atoms with Crippen molar-refractivity contribution in [1.82, 2.24) is 10.2 Å². The smallest absolute Gasteiger partial charge is 0.262 e. The number of Topliss-reactive ketones (excluding diaryl/α,β-unsaturated/α-hetero) is 1. The predicted molar refractivity (Wildman–Crippen MR) is 88.5 cm³/mol. The van der Waals surface area contributed by atoms with Gasteiger partial charge in [-0.3, -0.25) is 24.1 Å². The van der Waals surface area contributed by atoms with Gasteiger partial charge in [0.2, 0.25) is 5.91 Å². The highest BCUT2D eigenvalue weighted by atomic mass is 16.2. The minimum atomic E-state index is -0.931. The molecule has 1 aromatic carbocycles. The maximum atomic E-state index is 12.6. The molecule has 0 aromatic heterocycles. The van der Waals surface area contributed by atoms with Gasteiger partial charge in [-0.25, -0.2) is 0 Å². The Morgan fingerprint density at radius 2 is 1.54 bits per heavy atom. The van der Waals surface area contributed by atoms with E-state index in [9.17, 15) is 19.2 Å². The van der Waals surface area contributed by atoms with Gasteiger partial charge < -0.3 is 5.32 Å². The number of rotatable bonds is 6. The fraction of sp³-hybridized carbons (Fsp3) is 0.444. The van der Waals surface area contributed by atoms with E-state index >= 15 is 0 Å². The zero-order valence-electron chi connectivity index (χ0n) is 14.3. The molecule has 2 atom stereocenters. The fourth-order valence-electron chi connectivity index (χ4n) is 2.68. The van der Waals surface area contributed by atoms with Gasteiger partial charge in [0.25, 0.3) is 11.8 Å². The van der Waals surface area contributed by atoms with Crippen LogP contribution in [0.5, 0.6) is 0 Å². The Bertz CT molecular complexity index is 661. The van der Waals surface area contributed by atoms with Crippen molar-refractivity contribution in [2.45, 2.75) is 46.2 Å². The molecule has 128 valence electrons. The fourth-order valence-corrected chi connectivity index (χ4v) is 2.68. The summed E-state index contributed by atoms with van der Waals surface area (Å²) in [5, 5.41) is 2.59. The van der Waals surface area contributed by atoms with Crippen LogP contribution in [0.25, 0.3) is 0 Å². The lowest BCUT2D eigenvalue weighted by molar-refractivity contribution is -0.129. The van der Waals surface area contributed by atoms with Gasteiger partial charge in [0.05, 0.1) is 17.2 Å². The van der Waals surface area contributed by atoms with Gasteiger partial charge in [-0.05, 0) is 38.3 Å². The van der Waals surface area contributed by atoms with Crippen LogP contribution >= 0.6 is 0 Å². The maximum absolute atomic E-state index is 12.6. The van der Waals surface area contributed by atoms with E-state index in [1.807, 2.05) is 13.8 Å². The molecule has 1 heterocycles. The van der Waals surface area contributed by atoms with Crippen LogP contribution in [-0.2, 0) is 9.59 Å². The van der Waals surface area contributed by atoms with E-state index in [0.29, 0.717) is 17.5 Å². The molecule has 24 heavy (non-hydrogen) atoms. The summed E-state index contributed by atoms with van der Waals surface area (Å²) < 4.78 is 0. The molecule has 1 aliphatic rings. The maximum Gasteiger partial charge on any atom is 0.262 e. The van der Waals surface area contributed by atoms with Crippen molar-refractivity contribution in [3.63, 3.8) is 0 Å². The number of hydrogen-bond acceptors (Lipinski definition) is 4. The molecule has 0 saturated heterocycles. The van der Waals surface area contributed by atoms with Gasteiger partial charge in [0.1, 0.15) is 6.04 Å². The molecular formula is C18H22N2O4. The average Bonchev–Trinajstić information content (AvgIpc) is 2.77. The molecule has 2 rings (SSSR count). The number of nitrogens with one attached hydrogen (secondary N) is 1. The van der Waals surface area contributed by atoms with Gasteiger partial charge >= 0.3 is 0 Å². The Morgan fingerprint density at radius 1 is 1.04 bits per heavy atom. The van der Waals surface area contributed by atoms with Crippen molar-refractivity contribution < 1.29 is 19.2 Å². The van der Waals surface area contributed by atoms with Crippen LogP contribution in [0, 0.1) is 5.92 Å². The number of fused-ring (bicyclic) bond motifs is 1. The topological polar surface area (TPSA) is 83.6 Å². The zero-order valence-corrected chi connectivity index (χ0v) is 14.3. The Balaban J connectivity index is 2.32. The summed E-state index contributed by atoms with van der Waals surface area (Å²) in [5.74, 6) is -1.51. The summed E-state index contributed by atoms with van der Waals surface area (Å²) in [4.78, 5) is 50.2. The second-order valence-electron chi connectivity index (χ2n) is 6.51. The Kier molecular flexibility index (Phi) is 5.17. The van der Waals surface area contributed by atoms with Crippen LogP contribution < -0.4 is 5.32 Å². The third-order valence-electron chi connectivity index (χ3n) is 4.10. The lowest BCUT2D eigenvalue weighted by atomic mass is 10.0. The first-order chi connectivity index (χ1) is 11.2. The molecule has 0 unspecified atom stereocenters. The van der Waals surface area contributed by atoms with Crippen molar-refractivity contribution in [1.29, 1.82) is 0 Å². The summed E-state index contributed by atoms with van der Waals surface area (Å²) in [5.41, 5.74) is 0.618. The average molecular weight is 330 g/mol. The highest BCUT2D eigenvalue weighted by Crippen LogP contribution is 2.27. The van der Waals surface area contributed by atoms with Gasteiger partial charge in [0.15, 0.2) is 5.78 Å². The van der Waals surface area contributed by atoms with Crippen molar-refractivity contribution in [2.75, 3.05) is 0 Å². The molecule has 0 radical (unpaired) electrons.